The lowest BCUT2D eigenvalue weighted by Gasteiger charge is -2.20. The number of hydrogen-bond acceptors (Lipinski definition) is 4. The normalized spacial score (nSPS) is 12.7. The van der Waals surface area contributed by atoms with E-state index < -0.39 is 24.6 Å². The molecule has 4 aromatic rings. The van der Waals surface area contributed by atoms with E-state index in [-0.39, 0.29) is 30.6 Å². The van der Waals surface area contributed by atoms with Gasteiger partial charge in [0.2, 0.25) is 0 Å². The number of aliphatic carboxylic acids is 1. The summed E-state index contributed by atoms with van der Waals surface area (Å²) in [6, 6.07) is 25.5. The summed E-state index contributed by atoms with van der Waals surface area (Å²) >= 11 is 0. The number of hydrogen-bond donors (Lipinski definition) is 4. The summed E-state index contributed by atoms with van der Waals surface area (Å²) in [6.07, 6.45) is -1.45. The van der Waals surface area contributed by atoms with Crippen LogP contribution in [0.5, 0.6) is 0 Å². The zero-order valence-corrected chi connectivity index (χ0v) is 24.5. The number of nitrogens with one attached hydrogen (secondary N) is 1. The van der Waals surface area contributed by atoms with Crippen molar-refractivity contribution in [2.75, 3.05) is 6.54 Å². The van der Waals surface area contributed by atoms with Crippen LogP contribution >= 0.6 is 0 Å². The SMILES string of the molecule is CC(C)n1c(CC[C@@H](O)C[C@@H](O)CC(=O)O)c(-c2ccc(F)cc2)c(-c2ccccc2)c1C(=O)NCCc1ccccc1. The van der Waals surface area contributed by atoms with Gasteiger partial charge in [0.25, 0.3) is 5.91 Å². The summed E-state index contributed by atoms with van der Waals surface area (Å²) in [4.78, 5) is 25.1. The molecule has 4 N–H and O–H groups in total. The van der Waals surface area contributed by atoms with Crippen LogP contribution in [0.15, 0.2) is 84.9 Å². The molecule has 0 saturated carbocycles. The van der Waals surface area contributed by atoms with Gasteiger partial charge >= 0.3 is 5.97 Å². The van der Waals surface area contributed by atoms with Gasteiger partial charge in [0, 0.05) is 29.4 Å². The molecule has 8 heteroatoms. The Hall–Kier alpha value is -4.27. The highest BCUT2D eigenvalue weighted by molar-refractivity contribution is 6.05. The summed E-state index contributed by atoms with van der Waals surface area (Å²) in [5.74, 6) is -1.76. The molecule has 7 nitrogen and oxygen atoms in total. The van der Waals surface area contributed by atoms with E-state index >= 15 is 0 Å². The molecule has 0 aliphatic rings. The lowest BCUT2D eigenvalue weighted by Crippen LogP contribution is -2.29. The first-order valence-corrected chi connectivity index (χ1v) is 14.6. The van der Waals surface area contributed by atoms with Gasteiger partial charge in [-0.25, -0.2) is 4.39 Å². The first-order chi connectivity index (χ1) is 20.7. The number of halogens is 1. The van der Waals surface area contributed by atoms with E-state index in [0.29, 0.717) is 30.6 Å². The highest BCUT2D eigenvalue weighted by Crippen LogP contribution is 2.42. The van der Waals surface area contributed by atoms with Gasteiger partial charge in [-0.1, -0.05) is 72.8 Å². The molecule has 1 aromatic heterocycles. The molecule has 0 unspecified atom stereocenters. The minimum absolute atomic E-state index is 0.0844. The molecule has 0 aliphatic heterocycles. The van der Waals surface area contributed by atoms with Crippen LogP contribution in [0.1, 0.15) is 60.9 Å². The highest BCUT2D eigenvalue weighted by atomic mass is 19.1. The quantitative estimate of drug-likeness (QED) is 0.144. The van der Waals surface area contributed by atoms with Gasteiger partial charge in [-0.05, 0) is 68.4 Å². The fraction of sp³-hybridized carbons (Fsp3) is 0.314. The average Bonchev–Trinajstić information content (AvgIpc) is 3.32. The van der Waals surface area contributed by atoms with Crippen LogP contribution < -0.4 is 5.32 Å². The zero-order chi connectivity index (χ0) is 30.9. The summed E-state index contributed by atoms with van der Waals surface area (Å²) in [5.41, 5.74) is 5.42. The molecule has 226 valence electrons. The molecule has 4 rings (SSSR count). The van der Waals surface area contributed by atoms with Gasteiger partial charge in [-0.2, -0.15) is 0 Å². The van der Waals surface area contributed by atoms with Crippen molar-refractivity contribution in [2.24, 2.45) is 0 Å². The molecule has 0 aliphatic carbocycles. The summed E-state index contributed by atoms with van der Waals surface area (Å²) in [6.45, 7) is 4.41. The lowest BCUT2D eigenvalue weighted by atomic mass is 9.92. The highest BCUT2D eigenvalue weighted by Gasteiger charge is 2.30. The third kappa shape index (κ3) is 8.18. The van der Waals surface area contributed by atoms with Crippen LogP contribution in [0, 0.1) is 5.82 Å². The second kappa shape index (κ2) is 14.8. The smallest absolute Gasteiger partial charge is 0.305 e. The molecular formula is C35H39FN2O5. The Kier molecular flexibility index (Phi) is 10.9. The van der Waals surface area contributed by atoms with Crippen molar-refractivity contribution in [3.63, 3.8) is 0 Å². The molecule has 1 amide bonds. The number of carbonyl (C=O) groups is 2. The van der Waals surface area contributed by atoms with Crippen LogP contribution in [0.4, 0.5) is 4.39 Å². The van der Waals surface area contributed by atoms with E-state index in [1.165, 1.54) is 12.1 Å². The summed E-state index contributed by atoms with van der Waals surface area (Å²) < 4.78 is 16.0. The first-order valence-electron chi connectivity index (χ1n) is 14.6. The van der Waals surface area contributed by atoms with Crippen molar-refractivity contribution < 1.29 is 29.3 Å². The van der Waals surface area contributed by atoms with Crippen molar-refractivity contribution in [1.82, 2.24) is 9.88 Å². The van der Waals surface area contributed by atoms with Gasteiger partial charge in [0.15, 0.2) is 0 Å². The summed E-state index contributed by atoms with van der Waals surface area (Å²) in [7, 11) is 0. The van der Waals surface area contributed by atoms with Gasteiger partial charge in [0.1, 0.15) is 11.5 Å². The number of nitrogens with zero attached hydrogens (tertiary/aromatic N) is 1. The molecule has 43 heavy (non-hydrogen) atoms. The number of rotatable bonds is 14. The maximum absolute atomic E-state index is 14.1. The molecule has 0 bridgehead atoms. The van der Waals surface area contributed by atoms with Gasteiger partial charge in [-0.15, -0.1) is 0 Å². The van der Waals surface area contributed by atoms with Crippen molar-refractivity contribution in [2.45, 2.75) is 64.2 Å². The Morgan fingerprint density at radius 1 is 0.814 bits per heavy atom. The molecule has 0 saturated heterocycles. The zero-order valence-electron chi connectivity index (χ0n) is 24.5. The van der Waals surface area contributed by atoms with E-state index in [2.05, 4.69) is 5.32 Å². The minimum Gasteiger partial charge on any atom is -0.481 e. The number of carbonyl (C=O) groups excluding carboxylic acids is 1. The topological polar surface area (TPSA) is 112 Å². The van der Waals surface area contributed by atoms with Crippen molar-refractivity contribution >= 4 is 11.9 Å². The van der Waals surface area contributed by atoms with E-state index in [9.17, 15) is 24.2 Å². The van der Waals surface area contributed by atoms with Gasteiger partial charge in [-0.3, -0.25) is 9.59 Å². The number of aliphatic hydroxyl groups excluding tert-OH is 2. The maximum atomic E-state index is 14.1. The Morgan fingerprint density at radius 2 is 1.42 bits per heavy atom. The van der Waals surface area contributed by atoms with E-state index in [0.717, 1.165) is 27.9 Å². The first kappa shape index (κ1) is 31.7. The van der Waals surface area contributed by atoms with Gasteiger partial charge < -0.3 is 25.2 Å². The van der Waals surface area contributed by atoms with E-state index in [1.54, 1.807) is 12.1 Å². The number of benzene rings is 3. The monoisotopic (exact) mass is 586 g/mol. The van der Waals surface area contributed by atoms with E-state index in [1.807, 2.05) is 79.1 Å². The van der Waals surface area contributed by atoms with Crippen LogP contribution in [-0.2, 0) is 17.6 Å². The largest absolute Gasteiger partial charge is 0.481 e. The number of amides is 1. The van der Waals surface area contributed by atoms with Crippen molar-refractivity contribution in [1.29, 1.82) is 0 Å². The predicted octanol–water partition coefficient (Wildman–Crippen LogP) is 6.03. The summed E-state index contributed by atoms with van der Waals surface area (Å²) in [5, 5.41) is 32.9. The van der Waals surface area contributed by atoms with Crippen LogP contribution in [0.2, 0.25) is 0 Å². The fourth-order valence-corrected chi connectivity index (χ4v) is 5.56. The molecule has 1 heterocycles. The van der Waals surface area contributed by atoms with Crippen LogP contribution in [0.25, 0.3) is 22.3 Å². The Labute approximate surface area is 251 Å². The number of aromatic nitrogens is 1. The van der Waals surface area contributed by atoms with Crippen molar-refractivity contribution in [3.8, 4) is 22.3 Å². The van der Waals surface area contributed by atoms with Crippen molar-refractivity contribution in [3.05, 3.63) is 108 Å². The van der Waals surface area contributed by atoms with E-state index in [4.69, 9.17) is 5.11 Å². The molecule has 0 radical (unpaired) electrons. The molecule has 0 fully saturated rings. The minimum atomic E-state index is -1.17. The average molecular weight is 587 g/mol. The fourth-order valence-electron chi connectivity index (χ4n) is 5.56. The Bertz CT molecular complexity index is 1500. The van der Waals surface area contributed by atoms with Crippen LogP contribution in [0.3, 0.4) is 0 Å². The third-order valence-electron chi connectivity index (χ3n) is 7.44. The Morgan fingerprint density at radius 3 is 2.02 bits per heavy atom. The molecule has 3 aromatic carbocycles. The van der Waals surface area contributed by atoms with Crippen LogP contribution in [-0.4, -0.2) is 50.5 Å². The lowest BCUT2D eigenvalue weighted by molar-refractivity contribution is -0.139. The Balaban J connectivity index is 1.81. The number of carboxylic acids is 1. The molecular weight excluding hydrogens is 547 g/mol. The number of carboxylic acid groups (broad SMARTS) is 1. The second-order valence-corrected chi connectivity index (χ2v) is 11.1. The standard InChI is InChI=1S/C35H39FN2O5/c1-23(2)38-30(18-17-28(39)21-29(40)22-31(41)42)32(26-13-15-27(36)16-14-26)33(25-11-7-4-8-12-25)34(38)35(43)37-20-19-24-9-5-3-6-10-24/h3-16,23,28-29,39-40H,17-22H2,1-2H3,(H,37,43)(H,41,42)/t28-,29-/m1/s1. The predicted molar refractivity (Wildman–Crippen MR) is 165 cm³/mol. The second-order valence-electron chi connectivity index (χ2n) is 11.1. The van der Waals surface area contributed by atoms with Gasteiger partial charge in [0.05, 0.1) is 18.6 Å². The third-order valence-corrected chi connectivity index (χ3v) is 7.44. The molecule has 0 spiro atoms. The maximum Gasteiger partial charge on any atom is 0.305 e. The number of aliphatic hydroxyl groups is 2. The molecule has 2 atom stereocenters.